The van der Waals surface area contributed by atoms with Crippen molar-refractivity contribution in [3.63, 3.8) is 0 Å². The van der Waals surface area contributed by atoms with Gasteiger partial charge in [0.15, 0.2) is 0 Å². The summed E-state index contributed by atoms with van der Waals surface area (Å²) in [5.41, 5.74) is 2.83. The number of para-hydroxylation sites is 1. The summed E-state index contributed by atoms with van der Waals surface area (Å²) in [5.74, 6) is 1.33. The Labute approximate surface area is 155 Å². The van der Waals surface area contributed by atoms with Crippen LogP contribution in [-0.4, -0.2) is 33.2 Å². The number of amides is 1. The second-order valence-electron chi connectivity index (χ2n) is 6.15. The number of aromatic nitrogens is 4. The summed E-state index contributed by atoms with van der Waals surface area (Å²) in [5, 5.41) is 10.9. The summed E-state index contributed by atoms with van der Waals surface area (Å²) in [6.07, 6.45) is 3.54. The number of rotatable bonds is 6. The average Bonchev–Trinajstić information content (AvgIpc) is 3.33. The third kappa shape index (κ3) is 3.67. The van der Waals surface area contributed by atoms with Crippen molar-refractivity contribution in [1.82, 2.24) is 20.2 Å². The number of hydrogen-bond donors (Lipinski definition) is 3. The zero-order valence-electron chi connectivity index (χ0n) is 14.8. The topological polar surface area (TPSA) is 95.7 Å². The Bertz CT molecular complexity index is 1080. The molecule has 0 aliphatic carbocycles. The quantitative estimate of drug-likeness (QED) is 0.491. The van der Waals surface area contributed by atoms with E-state index in [1.165, 1.54) is 10.9 Å². The summed E-state index contributed by atoms with van der Waals surface area (Å²) in [6.45, 7) is 0. The lowest BCUT2D eigenvalue weighted by Gasteiger charge is -2.03. The first-order chi connectivity index (χ1) is 13.2. The molecule has 0 fully saturated rings. The van der Waals surface area contributed by atoms with Crippen molar-refractivity contribution in [2.75, 3.05) is 12.4 Å². The Kier molecular flexibility index (Phi) is 4.57. The van der Waals surface area contributed by atoms with E-state index in [1.807, 2.05) is 18.3 Å². The molecule has 3 N–H and O–H groups in total. The van der Waals surface area contributed by atoms with Crippen molar-refractivity contribution in [1.29, 1.82) is 0 Å². The van der Waals surface area contributed by atoms with E-state index in [4.69, 9.17) is 4.74 Å². The smallest absolute Gasteiger partial charge is 0.258 e. The minimum Gasteiger partial charge on any atom is -0.497 e. The molecule has 0 atom stereocenters. The van der Waals surface area contributed by atoms with Gasteiger partial charge in [-0.05, 0) is 36.2 Å². The molecule has 0 unspecified atom stereocenters. The van der Waals surface area contributed by atoms with E-state index in [0.717, 1.165) is 17.8 Å². The molecular weight excluding hydrogens is 342 g/mol. The highest BCUT2D eigenvalue weighted by Gasteiger charge is 2.11. The maximum Gasteiger partial charge on any atom is 0.258 e. The largest absolute Gasteiger partial charge is 0.497 e. The number of nitrogens with one attached hydrogen (secondary N) is 3. The second kappa shape index (κ2) is 7.33. The summed E-state index contributed by atoms with van der Waals surface area (Å²) in [4.78, 5) is 19.9. The van der Waals surface area contributed by atoms with Crippen LogP contribution in [0.1, 0.15) is 21.7 Å². The van der Waals surface area contributed by atoms with E-state index in [9.17, 15) is 4.79 Å². The van der Waals surface area contributed by atoms with Gasteiger partial charge < -0.3 is 9.72 Å². The second-order valence-corrected chi connectivity index (χ2v) is 6.15. The number of carbonyl (C=O) groups is 1. The molecule has 0 saturated carbocycles. The van der Waals surface area contributed by atoms with Crippen LogP contribution >= 0.6 is 0 Å². The van der Waals surface area contributed by atoms with Gasteiger partial charge in [0.05, 0.1) is 7.11 Å². The molecule has 0 aliphatic rings. The predicted octanol–water partition coefficient (Wildman–Crippen LogP) is 3.33. The molecule has 7 nitrogen and oxygen atoms in total. The van der Waals surface area contributed by atoms with Crippen LogP contribution < -0.4 is 10.1 Å². The predicted molar refractivity (Wildman–Crippen MR) is 103 cm³/mol. The number of fused-ring (bicyclic) bond motifs is 1. The highest BCUT2D eigenvalue weighted by molar-refractivity contribution is 6.03. The lowest BCUT2D eigenvalue weighted by molar-refractivity contribution is 0.102. The third-order valence-electron chi connectivity index (χ3n) is 4.40. The van der Waals surface area contributed by atoms with Crippen LogP contribution in [0.3, 0.4) is 0 Å². The molecule has 4 aromatic rings. The van der Waals surface area contributed by atoms with E-state index in [0.29, 0.717) is 17.7 Å². The van der Waals surface area contributed by atoms with E-state index < -0.39 is 0 Å². The van der Waals surface area contributed by atoms with Crippen LogP contribution in [0.15, 0.2) is 54.7 Å². The lowest BCUT2D eigenvalue weighted by Crippen LogP contribution is -2.13. The Hall–Kier alpha value is -3.61. The van der Waals surface area contributed by atoms with Gasteiger partial charge in [-0.2, -0.15) is 4.98 Å². The molecule has 0 aliphatic heterocycles. The van der Waals surface area contributed by atoms with Crippen LogP contribution in [0.25, 0.3) is 10.9 Å². The minimum atomic E-state index is -0.281. The number of anilines is 1. The lowest BCUT2D eigenvalue weighted by atomic mass is 10.1. The molecule has 4 rings (SSSR count). The number of carbonyl (C=O) groups excluding carboxylic acids is 1. The Morgan fingerprint density at radius 2 is 2.04 bits per heavy atom. The van der Waals surface area contributed by atoms with Crippen molar-refractivity contribution >= 4 is 22.8 Å². The van der Waals surface area contributed by atoms with Gasteiger partial charge in [0.1, 0.15) is 11.6 Å². The van der Waals surface area contributed by atoms with Crippen LogP contribution in [-0.2, 0) is 12.8 Å². The number of H-pyrrole nitrogens is 2. The summed E-state index contributed by atoms with van der Waals surface area (Å²) < 4.78 is 5.14. The number of aryl methyl sites for hydroxylation is 2. The number of aromatic amines is 2. The molecule has 2 aromatic carbocycles. The molecule has 0 spiro atoms. The van der Waals surface area contributed by atoms with Gasteiger partial charge in [0.2, 0.25) is 5.95 Å². The molecule has 0 saturated heterocycles. The molecular formula is C20H19N5O2. The first kappa shape index (κ1) is 16.8. The Balaban J connectivity index is 1.40. The maximum atomic E-state index is 12.3. The molecule has 2 heterocycles. The van der Waals surface area contributed by atoms with E-state index >= 15 is 0 Å². The van der Waals surface area contributed by atoms with Gasteiger partial charge in [-0.15, -0.1) is 5.10 Å². The van der Waals surface area contributed by atoms with Crippen molar-refractivity contribution < 1.29 is 9.53 Å². The van der Waals surface area contributed by atoms with E-state index in [-0.39, 0.29) is 11.9 Å². The van der Waals surface area contributed by atoms with Gasteiger partial charge in [0.25, 0.3) is 5.91 Å². The first-order valence-electron chi connectivity index (χ1n) is 8.64. The van der Waals surface area contributed by atoms with Crippen LogP contribution in [0.2, 0.25) is 0 Å². The van der Waals surface area contributed by atoms with Gasteiger partial charge >= 0.3 is 0 Å². The van der Waals surface area contributed by atoms with Crippen molar-refractivity contribution in [2.24, 2.45) is 0 Å². The van der Waals surface area contributed by atoms with Gasteiger partial charge in [-0.3, -0.25) is 15.2 Å². The number of nitrogens with zero attached hydrogens (tertiary/aromatic N) is 2. The van der Waals surface area contributed by atoms with Crippen molar-refractivity contribution in [2.45, 2.75) is 12.8 Å². The Morgan fingerprint density at radius 3 is 2.93 bits per heavy atom. The molecule has 1 amide bonds. The van der Waals surface area contributed by atoms with Crippen LogP contribution in [0.5, 0.6) is 5.75 Å². The monoisotopic (exact) mass is 361 g/mol. The highest BCUT2D eigenvalue weighted by atomic mass is 16.5. The molecule has 136 valence electrons. The minimum absolute atomic E-state index is 0.261. The molecule has 0 radical (unpaired) electrons. The van der Waals surface area contributed by atoms with Gasteiger partial charge in [-0.1, -0.05) is 24.3 Å². The standard InChI is InChI=1S/C20H19N5O2/c1-27-15-6-4-5-13(11-15)19(26)23-20-22-18(24-25-20)10-9-14-12-21-17-8-3-2-7-16(14)17/h2-8,11-12,21H,9-10H2,1H3,(H2,22,23,24,25,26). The first-order valence-corrected chi connectivity index (χ1v) is 8.64. The summed E-state index contributed by atoms with van der Waals surface area (Å²) in [6, 6.07) is 15.1. The van der Waals surface area contributed by atoms with Crippen LogP contribution in [0, 0.1) is 0 Å². The fourth-order valence-corrected chi connectivity index (χ4v) is 2.99. The molecule has 7 heteroatoms. The average molecular weight is 361 g/mol. The number of benzene rings is 2. The fraction of sp³-hybridized carbons (Fsp3) is 0.150. The SMILES string of the molecule is COc1cccc(C(=O)Nc2n[nH]c(CCc3c[nH]c4ccccc34)n2)c1. The number of hydrogen-bond acceptors (Lipinski definition) is 4. The van der Waals surface area contributed by atoms with E-state index in [2.05, 4.69) is 37.6 Å². The zero-order chi connectivity index (χ0) is 18.6. The van der Waals surface area contributed by atoms with Crippen LogP contribution in [0.4, 0.5) is 5.95 Å². The van der Waals surface area contributed by atoms with Crippen molar-refractivity contribution in [3.05, 3.63) is 71.7 Å². The third-order valence-corrected chi connectivity index (χ3v) is 4.40. The number of ether oxygens (including phenoxy) is 1. The number of methoxy groups -OCH3 is 1. The molecule has 2 aromatic heterocycles. The zero-order valence-corrected chi connectivity index (χ0v) is 14.8. The molecule has 0 bridgehead atoms. The summed E-state index contributed by atoms with van der Waals surface area (Å²) in [7, 11) is 1.56. The van der Waals surface area contributed by atoms with Gasteiger partial charge in [0, 0.05) is 29.1 Å². The highest BCUT2D eigenvalue weighted by Crippen LogP contribution is 2.19. The maximum absolute atomic E-state index is 12.3. The fourth-order valence-electron chi connectivity index (χ4n) is 2.99. The van der Waals surface area contributed by atoms with Gasteiger partial charge in [-0.25, -0.2) is 0 Å². The van der Waals surface area contributed by atoms with E-state index in [1.54, 1.807) is 31.4 Å². The normalized spacial score (nSPS) is 10.9. The molecule has 27 heavy (non-hydrogen) atoms. The van der Waals surface area contributed by atoms with Crippen molar-refractivity contribution in [3.8, 4) is 5.75 Å². The Morgan fingerprint density at radius 1 is 1.15 bits per heavy atom. The summed E-state index contributed by atoms with van der Waals surface area (Å²) >= 11 is 0.